The largest absolute Gasteiger partial charge is 0.326 e. The van der Waals surface area contributed by atoms with Crippen LogP contribution >= 0.6 is 0 Å². The Bertz CT molecular complexity index is 527. The fourth-order valence-corrected chi connectivity index (χ4v) is 3.17. The third kappa shape index (κ3) is 2.59. The van der Waals surface area contributed by atoms with E-state index in [0.29, 0.717) is 23.6 Å². The maximum atomic E-state index is 12.2. The van der Waals surface area contributed by atoms with Crippen LogP contribution in [0.25, 0.3) is 0 Å². The van der Waals surface area contributed by atoms with Crippen molar-refractivity contribution in [3.05, 3.63) is 35.4 Å². The standard InChI is InChI=1S/C16H21N3O2/c1-11-9-18(10-14(11)17)7-4-8-19-15(20)12-5-2-3-6-13(12)16(19)21/h2-3,5-6,11,14H,4,7-10,17H2,1H3. The van der Waals surface area contributed by atoms with Crippen LogP contribution in [0.1, 0.15) is 34.1 Å². The van der Waals surface area contributed by atoms with Gasteiger partial charge in [0.05, 0.1) is 11.1 Å². The number of carbonyl (C=O) groups is 2. The number of benzene rings is 1. The summed E-state index contributed by atoms with van der Waals surface area (Å²) >= 11 is 0. The predicted molar refractivity (Wildman–Crippen MR) is 80.0 cm³/mol. The molecule has 0 aromatic heterocycles. The second-order valence-electron chi connectivity index (χ2n) is 6.06. The number of likely N-dealkylation sites (tertiary alicyclic amines) is 1. The number of nitrogens with two attached hydrogens (primary N) is 1. The molecule has 2 heterocycles. The van der Waals surface area contributed by atoms with Crippen molar-refractivity contribution in [1.29, 1.82) is 0 Å². The van der Waals surface area contributed by atoms with Crippen LogP contribution in [0.5, 0.6) is 0 Å². The van der Waals surface area contributed by atoms with Crippen LogP contribution in [0.2, 0.25) is 0 Å². The summed E-state index contributed by atoms with van der Waals surface area (Å²) in [7, 11) is 0. The van der Waals surface area contributed by atoms with Gasteiger partial charge in [-0.05, 0) is 31.0 Å². The lowest BCUT2D eigenvalue weighted by Gasteiger charge is -2.18. The molecule has 3 rings (SSSR count). The lowest BCUT2D eigenvalue weighted by atomic mass is 10.1. The van der Waals surface area contributed by atoms with E-state index < -0.39 is 0 Å². The Hall–Kier alpha value is -1.72. The number of imide groups is 1. The smallest absolute Gasteiger partial charge is 0.261 e. The Labute approximate surface area is 124 Å². The van der Waals surface area contributed by atoms with E-state index in [-0.39, 0.29) is 17.9 Å². The number of carbonyl (C=O) groups excluding carboxylic acids is 2. The molecule has 112 valence electrons. The fourth-order valence-electron chi connectivity index (χ4n) is 3.17. The van der Waals surface area contributed by atoms with Gasteiger partial charge in [0.25, 0.3) is 11.8 Å². The average Bonchev–Trinajstić information content (AvgIpc) is 2.92. The van der Waals surface area contributed by atoms with Gasteiger partial charge in [-0.15, -0.1) is 0 Å². The Morgan fingerprint density at radius 1 is 1.10 bits per heavy atom. The number of amides is 2. The van der Waals surface area contributed by atoms with Gasteiger partial charge < -0.3 is 10.6 Å². The molecule has 2 unspecified atom stereocenters. The molecule has 0 aliphatic carbocycles. The van der Waals surface area contributed by atoms with Gasteiger partial charge in [-0.2, -0.15) is 0 Å². The molecular weight excluding hydrogens is 266 g/mol. The van der Waals surface area contributed by atoms with Crippen molar-refractivity contribution < 1.29 is 9.59 Å². The number of nitrogens with zero attached hydrogens (tertiary/aromatic N) is 2. The first-order chi connectivity index (χ1) is 10.1. The first-order valence-electron chi connectivity index (χ1n) is 7.51. The SMILES string of the molecule is CC1CN(CCCN2C(=O)c3ccccc3C2=O)CC1N. The lowest BCUT2D eigenvalue weighted by molar-refractivity contribution is 0.0648. The molecule has 1 aromatic carbocycles. The molecule has 0 spiro atoms. The molecular formula is C16H21N3O2. The van der Waals surface area contributed by atoms with E-state index >= 15 is 0 Å². The van der Waals surface area contributed by atoms with Gasteiger partial charge in [0.1, 0.15) is 0 Å². The minimum absolute atomic E-state index is 0.165. The Kier molecular flexibility index (Phi) is 3.78. The molecule has 1 aromatic rings. The summed E-state index contributed by atoms with van der Waals surface area (Å²) in [6.07, 6.45) is 0.797. The zero-order chi connectivity index (χ0) is 15.0. The van der Waals surface area contributed by atoms with Crippen LogP contribution in [-0.4, -0.2) is 53.8 Å². The van der Waals surface area contributed by atoms with E-state index in [4.69, 9.17) is 5.73 Å². The summed E-state index contributed by atoms with van der Waals surface area (Å²) in [6, 6.07) is 7.26. The summed E-state index contributed by atoms with van der Waals surface area (Å²) in [5.74, 6) is 0.188. The van der Waals surface area contributed by atoms with E-state index in [9.17, 15) is 9.59 Å². The molecule has 0 saturated carbocycles. The molecule has 1 saturated heterocycles. The molecule has 5 heteroatoms. The molecule has 2 N–H and O–H groups in total. The summed E-state index contributed by atoms with van der Waals surface area (Å²) in [5.41, 5.74) is 7.06. The van der Waals surface area contributed by atoms with E-state index in [2.05, 4.69) is 11.8 Å². The summed E-state index contributed by atoms with van der Waals surface area (Å²) in [5, 5.41) is 0. The third-order valence-electron chi connectivity index (χ3n) is 4.48. The number of fused-ring (bicyclic) bond motifs is 1. The predicted octanol–water partition coefficient (Wildman–Crippen LogP) is 0.952. The molecule has 2 atom stereocenters. The lowest BCUT2D eigenvalue weighted by Crippen LogP contribution is -2.34. The van der Waals surface area contributed by atoms with Crippen LogP contribution in [0.4, 0.5) is 0 Å². The maximum absolute atomic E-state index is 12.2. The van der Waals surface area contributed by atoms with Crippen molar-refractivity contribution in [3.8, 4) is 0 Å². The Morgan fingerprint density at radius 3 is 2.24 bits per heavy atom. The van der Waals surface area contributed by atoms with Gasteiger partial charge >= 0.3 is 0 Å². The quantitative estimate of drug-likeness (QED) is 0.837. The molecule has 21 heavy (non-hydrogen) atoms. The highest BCUT2D eigenvalue weighted by Crippen LogP contribution is 2.22. The monoisotopic (exact) mass is 287 g/mol. The Morgan fingerprint density at radius 2 is 1.71 bits per heavy atom. The van der Waals surface area contributed by atoms with Crippen LogP contribution in [0.3, 0.4) is 0 Å². The molecule has 5 nitrogen and oxygen atoms in total. The van der Waals surface area contributed by atoms with Gasteiger partial charge in [-0.25, -0.2) is 0 Å². The molecule has 2 aliphatic heterocycles. The van der Waals surface area contributed by atoms with Gasteiger partial charge in [0.15, 0.2) is 0 Å². The number of hydrogen-bond acceptors (Lipinski definition) is 4. The highest BCUT2D eigenvalue weighted by atomic mass is 16.2. The first kappa shape index (κ1) is 14.2. The normalized spacial score (nSPS) is 25.7. The van der Waals surface area contributed by atoms with Crippen LogP contribution in [0.15, 0.2) is 24.3 Å². The zero-order valence-electron chi connectivity index (χ0n) is 12.3. The van der Waals surface area contributed by atoms with Crippen molar-refractivity contribution in [2.45, 2.75) is 19.4 Å². The van der Waals surface area contributed by atoms with Crippen LogP contribution < -0.4 is 5.73 Å². The molecule has 2 aliphatic rings. The molecule has 2 amide bonds. The van der Waals surface area contributed by atoms with E-state index in [1.54, 1.807) is 24.3 Å². The van der Waals surface area contributed by atoms with E-state index in [0.717, 1.165) is 26.1 Å². The second-order valence-corrected chi connectivity index (χ2v) is 6.06. The summed E-state index contributed by atoms with van der Waals surface area (Å²) < 4.78 is 0. The van der Waals surface area contributed by atoms with Crippen molar-refractivity contribution >= 4 is 11.8 Å². The molecule has 1 fully saturated rings. The Balaban J connectivity index is 1.56. The minimum atomic E-state index is -0.165. The van der Waals surface area contributed by atoms with Crippen molar-refractivity contribution in [2.24, 2.45) is 11.7 Å². The second kappa shape index (κ2) is 5.58. The topological polar surface area (TPSA) is 66.6 Å². The van der Waals surface area contributed by atoms with Crippen LogP contribution in [-0.2, 0) is 0 Å². The molecule has 0 radical (unpaired) electrons. The van der Waals surface area contributed by atoms with Gasteiger partial charge in [0, 0.05) is 25.7 Å². The zero-order valence-corrected chi connectivity index (χ0v) is 12.3. The van der Waals surface area contributed by atoms with Crippen molar-refractivity contribution in [3.63, 3.8) is 0 Å². The average molecular weight is 287 g/mol. The van der Waals surface area contributed by atoms with Gasteiger partial charge in [-0.3, -0.25) is 14.5 Å². The number of hydrogen-bond donors (Lipinski definition) is 1. The third-order valence-corrected chi connectivity index (χ3v) is 4.48. The first-order valence-corrected chi connectivity index (χ1v) is 7.51. The maximum Gasteiger partial charge on any atom is 0.261 e. The summed E-state index contributed by atoms with van der Waals surface area (Å²) in [4.78, 5) is 28.1. The van der Waals surface area contributed by atoms with Crippen molar-refractivity contribution in [2.75, 3.05) is 26.2 Å². The highest BCUT2D eigenvalue weighted by Gasteiger charge is 2.34. The highest BCUT2D eigenvalue weighted by molar-refractivity contribution is 6.21. The summed E-state index contributed by atoms with van der Waals surface area (Å²) in [6.45, 7) is 5.43. The van der Waals surface area contributed by atoms with Gasteiger partial charge in [-0.1, -0.05) is 19.1 Å². The van der Waals surface area contributed by atoms with Crippen LogP contribution in [0, 0.1) is 5.92 Å². The fraction of sp³-hybridized carbons (Fsp3) is 0.500. The van der Waals surface area contributed by atoms with Crippen molar-refractivity contribution in [1.82, 2.24) is 9.80 Å². The van der Waals surface area contributed by atoms with E-state index in [1.807, 2.05) is 0 Å². The van der Waals surface area contributed by atoms with Gasteiger partial charge in [0.2, 0.25) is 0 Å². The van der Waals surface area contributed by atoms with E-state index in [1.165, 1.54) is 4.90 Å². The number of rotatable bonds is 4. The minimum Gasteiger partial charge on any atom is -0.326 e. The molecule has 0 bridgehead atoms.